The van der Waals surface area contributed by atoms with Gasteiger partial charge in [0.15, 0.2) is 0 Å². The van der Waals surface area contributed by atoms with Gasteiger partial charge in [-0.3, -0.25) is 15.0 Å². The fraction of sp³-hybridized carbons (Fsp3) is 0.353. The van der Waals surface area contributed by atoms with Gasteiger partial charge in [0.1, 0.15) is 0 Å². The Morgan fingerprint density at radius 2 is 2.00 bits per heavy atom. The van der Waals surface area contributed by atoms with Crippen LogP contribution in [0.3, 0.4) is 0 Å². The summed E-state index contributed by atoms with van der Waals surface area (Å²) in [6, 6.07) is 7.27. The predicted octanol–water partition coefficient (Wildman–Crippen LogP) is 2.71. The van der Waals surface area contributed by atoms with Crippen LogP contribution in [-0.4, -0.2) is 23.1 Å². The monoisotopic (exact) mass is 310 g/mol. The van der Waals surface area contributed by atoms with E-state index >= 15 is 0 Å². The van der Waals surface area contributed by atoms with Crippen LogP contribution >= 0.6 is 0 Å². The Bertz CT molecular complexity index is 852. The molecule has 2 heterocycles. The first-order valence-electron chi connectivity index (χ1n) is 7.48. The molecule has 1 N–H and O–H groups in total. The molecule has 118 valence electrons. The predicted molar refractivity (Wildman–Crippen MR) is 87.2 cm³/mol. The molecule has 0 aliphatic carbocycles. The van der Waals surface area contributed by atoms with Gasteiger partial charge in [-0.25, -0.2) is 4.79 Å². The highest BCUT2D eigenvalue weighted by Crippen LogP contribution is 2.31. The summed E-state index contributed by atoms with van der Waals surface area (Å²) in [4.78, 5) is 24.9. The third-order valence-electron chi connectivity index (χ3n) is 4.00. The number of carbonyl (C=O) groups excluding carboxylic acids is 2. The zero-order chi connectivity index (χ0) is 16.8. The van der Waals surface area contributed by atoms with Gasteiger partial charge in [-0.15, -0.1) is 0 Å². The Morgan fingerprint density at radius 1 is 1.26 bits per heavy atom. The average molecular weight is 310 g/mol. The first kappa shape index (κ1) is 15.1. The summed E-state index contributed by atoms with van der Waals surface area (Å²) >= 11 is 0. The number of urea groups is 1. The molecule has 1 fully saturated rings. The number of nitrogens with zero attached hydrogens (tertiary/aromatic N) is 3. The summed E-state index contributed by atoms with van der Waals surface area (Å²) in [7, 11) is 0. The van der Waals surface area contributed by atoms with Gasteiger partial charge in [-0.1, -0.05) is 0 Å². The number of rotatable bonds is 1. The molecule has 6 nitrogen and oxygen atoms in total. The van der Waals surface area contributed by atoms with Gasteiger partial charge in [0.05, 0.1) is 17.1 Å². The number of nitrogens with one attached hydrogen (secondary N) is 1. The van der Waals surface area contributed by atoms with Gasteiger partial charge in [0.25, 0.3) is 0 Å². The molecular formula is C17H18N4O2. The average Bonchev–Trinajstić information content (AvgIpc) is 2.90. The van der Waals surface area contributed by atoms with Crippen molar-refractivity contribution in [1.82, 2.24) is 9.88 Å². The van der Waals surface area contributed by atoms with Crippen LogP contribution in [0.4, 0.5) is 10.5 Å². The van der Waals surface area contributed by atoms with Crippen molar-refractivity contribution in [3.8, 4) is 6.07 Å². The first-order valence-corrected chi connectivity index (χ1v) is 7.48. The summed E-state index contributed by atoms with van der Waals surface area (Å²) in [6.07, 6.45) is 2.21. The molecule has 23 heavy (non-hydrogen) atoms. The van der Waals surface area contributed by atoms with Crippen molar-refractivity contribution in [3.05, 3.63) is 30.0 Å². The second-order valence-electron chi connectivity index (χ2n) is 6.65. The maximum Gasteiger partial charge on any atom is 0.328 e. The number of hydrogen-bond donors (Lipinski definition) is 1. The second kappa shape index (κ2) is 5.13. The maximum absolute atomic E-state index is 12.1. The SMILES string of the molecule is CC(C)(C)n1ccc2c(C#N)cc(N3CCC(=O)NC3=O)cc21. The summed E-state index contributed by atoms with van der Waals surface area (Å²) in [5, 5.41) is 12.6. The fourth-order valence-corrected chi connectivity index (χ4v) is 2.87. The topological polar surface area (TPSA) is 78.1 Å². The van der Waals surface area contributed by atoms with Crippen molar-refractivity contribution in [1.29, 1.82) is 5.26 Å². The van der Waals surface area contributed by atoms with E-state index in [9.17, 15) is 14.9 Å². The zero-order valence-corrected chi connectivity index (χ0v) is 13.4. The van der Waals surface area contributed by atoms with Crippen LogP contribution in [-0.2, 0) is 10.3 Å². The summed E-state index contributed by atoms with van der Waals surface area (Å²) in [6.45, 7) is 6.56. The van der Waals surface area contributed by atoms with Crippen LogP contribution in [0, 0.1) is 11.3 Å². The third-order valence-corrected chi connectivity index (χ3v) is 4.00. The largest absolute Gasteiger partial charge is 0.342 e. The molecule has 0 unspecified atom stereocenters. The summed E-state index contributed by atoms with van der Waals surface area (Å²) in [5.41, 5.74) is 1.90. The number of imide groups is 1. The minimum absolute atomic E-state index is 0.146. The van der Waals surface area contributed by atoms with E-state index in [0.717, 1.165) is 10.9 Å². The number of nitriles is 1. The van der Waals surface area contributed by atoms with Gasteiger partial charge in [0.2, 0.25) is 5.91 Å². The second-order valence-corrected chi connectivity index (χ2v) is 6.65. The van der Waals surface area contributed by atoms with E-state index in [1.165, 1.54) is 4.90 Å². The number of amides is 3. The molecule has 0 bridgehead atoms. The lowest BCUT2D eigenvalue weighted by Gasteiger charge is -2.28. The smallest absolute Gasteiger partial charge is 0.328 e. The van der Waals surface area contributed by atoms with Crippen LogP contribution in [0.1, 0.15) is 32.8 Å². The van der Waals surface area contributed by atoms with E-state index in [1.54, 1.807) is 6.07 Å². The van der Waals surface area contributed by atoms with Crippen molar-refractivity contribution in [2.45, 2.75) is 32.7 Å². The van der Waals surface area contributed by atoms with Crippen molar-refractivity contribution >= 4 is 28.5 Å². The van der Waals surface area contributed by atoms with E-state index in [1.807, 2.05) is 18.3 Å². The highest BCUT2D eigenvalue weighted by molar-refractivity contribution is 6.06. The van der Waals surface area contributed by atoms with E-state index < -0.39 is 6.03 Å². The lowest BCUT2D eigenvalue weighted by molar-refractivity contribution is -0.120. The van der Waals surface area contributed by atoms with Crippen LogP contribution in [0.5, 0.6) is 0 Å². The Balaban J connectivity index is 2.17. The van der Waals surface area contributed by atoms with Gasteiger partial charge < -0.3 is 4.57 Å². The number of hydrogen-bond acceptors (Lipinski definition) is 3. The molecule has 3 rings (SSSR count). The van der Waals surface area contributed by atoms with Crippen LogP contribution in [0.2, 0.25) is 0 Å². The van der Waals surface area contributed by atoms with Gasteiger partial charge >= 0.3 is 6.03 Å². The molecule has 0 spiro atoms. The minimum Gasteiger partial charge on any atom is -0.342 e. The molecule has 1 aromatic heterocycles. The highest BCUT2D eigenvalue weighted by atomic mass is 16.2. The molecule has 1 aliphatic heterocycles. The number of anilines is 1. The number of carbonyl (C=O) groups is 2. The Morgan fingerprint density at radius 3 is 2.61 bits per heavy atom. The zero-order valence-electron chi connectivity index (χ0n) is 13.4. The van der Waals surface area contributed by atoms with Crippen molar-refractivity contribution in [3.63, 3.8) is 0 Å². The molecule has 1 aliphatic rings. The molecule has 0 radical (unpaired) electrons. The van der Waals surface area contributed by atoms with Gasteiger partial charge in [-0.2, -0.15) is 5.26 Å². The lowest BCUT2D eigenvalue weighted by atomic mass is 10.1. The number of benzene rings is 1. The van der Waals surface area contributed by atoms with Gasteiger partial charge in [-0.05, 0) is 39.0 Å². The quantitative estimate of drug-likeness (QED) is 0.879. The standard InChI is InChI=1S/C17H18N4O2/c1-17(2,3)21-7-4-13-11(10-18)8-12(9-14(13)21)20-6-5-15(22)19-16(20)23/h4,7-9H,5-6H2,1-3H3,(H,19,22,23). The van der Waals surface area contributed by atoms with E-state index in [2.05, 4.69) is 36.7 Å². The molecule has 3 amide bonds. The first-order chi connectivity index (χ1) is 10.8. The Hall–Kier alpha value is -2.81. The molecule has 0 saturated carbocycles. The lowest BCUT2D eigenvalue weighted by Crippen LogP contribution is -2.49. The van der Waals surface area contributed by atoms with Crippen LogP contribution in [0.15, 0.2) is 24.4 Å². The summed E-state index contributed by atoms with van der Waals surface area (Å²) < 4.78 is 2.08. The Labute approximate surface area is 134 Å². The van der Waals surface area contributed by atoms with Crippen LogP contribution < -0.4 is 10.2 Å². The van der Waals surface area contributed by atoms with E-state index in [0.29, 0.717) is 17.8 Å². The summed E-state index contributed by atoms with van der Waals surface area (Å²) in [5.74, 6) is -0.272. The molecule has 2 aromatic rings. The number of aromatic nitrogens is 1. The van der Waals surface area contributed by atoms with Gasteiger partial charge in [0, 0.05) is 35.8 Å². The minimum atomic E-state index is -0.446. The molecule has 0 atom stereocenters. The van der Waals surface area contributed by atoms with Crippen molar-refractivity contribution < 1.29 is 9.59 Å². The molecular weight excluding hydrogens is 292 g/mol. The fourth-order valence-electron chi connectivity index (χ4n) is 2.87. The normalized spacial score (nSPS) is 15.7. The van der Waals surface area contributed by atoms with Crippen molar-refractivity contribution in [2.24, 2.45) is 0 Å². The third kappa shape index (κ3) is 2.55. The number of fused-ring (bicyclic) bond motifs is 1. The molecule has 1 aromatic carbocycles. The Kier molecular flexibility index (Phi) is 3.37. The van der Waals surface area contributed by atoms with E-state index in [4.69, 9.17) is 0 Å². The highest BCUT2D eigenvalue weighted by Gasteiger charge is 2.26. The van der Waals surface area contributed by atoms with Crippen LogP contribution in [0.25, 0.3) is 10.9 Å². The molecule has 6 heteroatoms. The van der Waals surface area contributed by atoms with Crippen molar-refractivity contribution in [2.75, 3.05) is 11.4 Å². The molecule has 1 saturated heterocycles. The van der Waals surface area contributed by atoms with E-state index in [-0.39, 0.29) is 17.9 Å². The maximum atomic E-state index is 12.1.